The number of allylic oxidation sites excluding steroid dienone is 1. The van der Waals surface area contributed by atoms with Crippen molar-refractivity contribution in [3.05, 3.63) is 47.5 Å². The molecule has 1 aromatic carbocycles. The molecule has 0 amide bonds. The van der Waals surface area contributed by atoms with Gasteiger partial charge in [-0.3, -0.25) is 0 Å². The summed E-state index contributed by atoms with van der Waals surface area (Å²) in [5.41, 5.74) is -0.0243. The number of rotatable bonds is 5. The number of hydrogen-bond donors (Lipinski definition) is 0. The maximum absolute atomic E-state index is 9.19. The van der Waals surface area contributed by atoms with Crippen LogP contribution in [-0.4, -0.2) is 0 Å². The van der Waals surface area contributed by atoms with Crippen LogP contribution in [0.15, 0.2) is 36.9 Å². The van der Waals surface area contributed by atoms with E-state index < -0.39 is 5.41 Å². The molecular formula is C14H13ClN2. The van der Waals surface area contributed by atoms with E-state index in [9.17, 15) is 10.5 Å². The van der Waals surface area contributed by atoms with Gasteiger partial charge in [-0.25, -0.2) is 0 Å². The van der Waals surface area contributed by atoms with Gasteiger partial charge in [-0.2, -0.15) is 10.5 Å². The zero-order valence-corrected chi connectivity index (χ0v) is 10.2. The second-order valence-electron chi connectivity index (χ2n) is 3.94. The summed E-state index contributed by atoms with van der Waals surface area (Å²) in [4.78, 5) is 0. The molecule has 0 aliphatic heterocycles. The van der Waals surface area contributed by atoms with Crippen LogP contribution in [0, 0.1) is 28.1 Å². The molecule has 2 nitrogen and oxygen atoms in total. The van der Waals surface area contributed by atoms with Crippen molar-refractivity contribution in [2.24, 2.45) is 5.41 Å². The van der Waals surface area contributed by atoms with Crippen LogP contribution >= 0.6 is 11.6 Å². The fourth-order valence-corrected chi connectivity index (χ4v) is 1.73. The molecule has 0 aliphatic rings. The van der Waals surface area contributed by atoms with Gasteiger partial charge >= 0.3 is 0 Å². The Bertz CT molecular complexity index is 448. The van der Waals surface area contributed by atoms with Gasteiger partial charge in [0.15, 0.2) is 0 Å². The molecule has 0 radical (unpaired) electrons. The van der Waals surface area contributed by atoms with Gasteiger partial charge in [0.1, 0.15) is 5.41 Å². The molecule has 3 heteroatoms. The third-order valence-electron chi connectivity index (χ3n) is 2.62. The Balaban J connectivity index is 2.87. The molecule has 0 N–H and O–H groups in total. The first-order chi connectivity index (χ1) is 8.15. The van der Waals surface area contributed by atoms with Crippen molar-refractivity contribution < 1.29 is 0 Å². The molecule has 0 bridgehead atoms. The van der Waals surface area contributed by atoms with Crippen molar-refractivity contribution in [3.8, 4) is 12.1 Å². The highest BCUT2D eigenvalue weighted by Gasteiger charge is 2.29. The highest BCUT2D eigenvalue weighted by atomic mass is 35.5. The molecule has 0 aromatic heterocycles. The summed E-state index contributed by atoms with van der Waals surface area (Å²) in [5.74, 6) is 0. The summed E-state index contributed by atoms with van der Waals surface area (Å²) >= 11 is 5.79. The monoisotopic (exact) mass is 244 g/mol. The van der Waals surface area contributed by atoms with Crippen molar-refractivity contribution in [2.75, 3.05) is 0 Å². The smallest absolute Gasteiger partial charge is 0.148 e. The summed E-state index contributed by atoms with van der Waals surface area (Å²) in [6.45, 7) is 3.61. The Hall–Kier alpha value is -1.77. The molecule has 0 fully saturated rings. The molecule has 86 valence electrons. The van der Waals surface area contributed by atoms with E-state index >= 15 is 0 Å². The number of nitriles is 2. The second kappa shape index (κ2) is 6.09. The predicted molar refractivity (Wildman–Crippen MR) is 68.2 cm³/mol. The Labute approximate surface area is 107 Å². The quantitative estimate of drug-likeness (QED) is 0.738. The maximum Gasteiger partial charge on any atom is 0.148 e. The minimum absolute atomic E-state index is 0.422. The Morgan fingerprint density at radius 1 is 1.24 bits per heavy atom. The van der Waals surface area contributed by atoms with Gasteiger partial charge in [0.05, 0.1) is 12.1 Å². The summed E-state index contributed by atoms with van der Waals surface area (Å²) < 4.78 is 0. The van der Waals surface area contributed by atoms with Crippen LogP contribution in [0.3, 0.4) is 0 Å². The number of benzene rings is 1. The van der Waals surface area contributed by atoms with Crippen molar-refractivity contribution in [1.29, 1.82) is 10.5 Å². The van der Waals surface area contributed by atoms with Gasteiger partial charge in [-0.15, -0.1) is 6.58 Å². The number of hydrogen-bond acceptors (Lipinski definition) is 2. The molecule has 0 unspecified atom stereocenters. The van der Waals surface area contributed by atoms with Gasteiger partial charge in [0, 0.05) is 11.4 Å². The number of halogens is 1. The molecule has 0 atom stereocenters. The Kier molecular flexibility index (Phi) is 4.76. The molecule has 0 saturated carbocycles. The van der Waals surface area contributed by atoms with Crippen LogP contribution in [0.5, 0.6) is 0 Å². The van der Waals surface area contributed by atoms with Gasteiger partial charge in [-0.05, 0) is 30.5 Å². The van der Waals surface area contributed by atoms with Gasteiger partial charge < -0.3 is 0 Å². The van der Waals surface area contributed by atoms with Crippen molar-refractivity contribution in [1.82, 2.24) is 0 Å². The van der Waals surface area contributed by atoms with E-state index in [-0.39, 0.29) is 0 Å². The second-order valence-corrected chi connectivity index (χ2v) is 4.37. The van der Waals surface area contributed by atoms with Gasteiger partial charge in [-0.1, -0.05) is 29.8 Å². The fraction of sp³-hybridized carbons (Fsp3) is 0.286. The number of nitrogens with zero attached hydrogens (tertiary/aromatic N) is 2. The predicted octanol–water partition coefficient (Wildman–Crippen LogP) is 3.88. The van der Waals surface area contributed by atoms with Gasteiger partial charge in [0.2, 0.25) is 0 Å². The lowest BCUT2D eigenvalue weighted by atomic mass is 9.80. The Morgan fingerprint density at radius 3 is 2.29 bits per heavy atom. The van der Waals surface area contributed by atoms with E-state index in [0.29, 0.717) is 24.3 Å². The molecule has 0 aliphatic carbocycles. The maximum atomic E-state index is 9.19. The zero-order valence-electron chi connectivity index (χ0n) is 9.49. The van der Waals surface area contributed by atoms with E-state index in [1.807, 2.05) is 12.1 Å². The molecule has 0 saturated heterocycles. The largest absolute Gasteiger partial charge is 0.197 e. The first kappa shape index (κ1) is 13.3. The normalized spacial score (nSPS) is 10.3. The van der Waals surface area contributed by atoms with Crippen LogP contribution in [0.2, 0.25) is 5.02 Å². The third-order valence-corrected chi connectivity index (χ3v) is 2.87. The Morgan fingerprint density at radius 2 is 1.82 bits per heavy atom. The lowest BCUT2D eigenvalue weighted by molar-refractivity contribution is 0.479. The third kappa shape index (κ3) is 3.63. The van der Waals surface area contributed by atoms with Crippen LogP contribution in [-0.2, 0) is 6.42 Å². The summed E-state index contributed by atoms with van der Waals surface area (Å²) in [5, 5.41) is 19.0. The zero-order chi connectivity index (χ0) is 12.7. The van der Waals surface area contributed by atoms with E-state index in [1.165, 1.54) is 0 Å². The van der Waals surface area contributed by atoms with E-state index in [0.717, 1.165) is 5.56 Å². The molecule has 1 rings (SSSR count). The standard InChI is InChI=1S/C14H13ClN2/c1-2-3-8-14(10-16,11-17)9-12-4-6-13(15)7-5-12/h2,4-7H,1,3,8-9H2. The molecular weight excluding hydrogens is 232 g/mol. The van der Waals surface area contributed by atoms with Gasteiger partial charge in [0.25, 0.3) is 0 Å². The van der Waals surface area contributed by atoms with Crippen LogP contribution in [0.25, 0.3) is 0 Å². The summed E-state index contributed by atoms with van der Waals surface area (Å²) in [7, 11) is 0. The molecule has 17 heavy (non-hydrogen) atoms. The van der Waals surface area contributed by atoms with E-state index in [4.69, 9.17) is 11.6 Å². The fourth-order valence-electron chi connectivity index (χ4n) is 1.60. The van der Waals surface area contributed by atoms with Crippen LogP contribution < -0.4 is 0 Å². The molecule has 0 heterocycles. The average Bonchev–Trinajstić information content (AvgIpc) is 2.37. The van der Waals surface area contributed by atoms with Crippen molar-refractivity contribution in [2.45, 2.75) is 19.3 Å². The lowest BCUT2D eigenvalue weighted by Gasteiger charge is -2.17. The lowest BCUT2D eigenvalue weighted by Crippen LogP contribution is -2.19. The molecule has 0 spiro atoms. The summed E-state index contributed by atoms with van der Waals surface area (Å²) in [6, 6.07) is 11.5. The first-order valence-corrected chi connectivity index (χ1v) is 5.71. The highest BCUT2D eigenvalue weighted by molar-refractivity contribution is 6.30. The minimum Gasteiger partial charge on any atom is -0.197 e. The SMILES string of the molecule is C=CCCC(C#N)(C#N)Cc1ccc(Cl)cc1. The topological polar surface area (TPSA) is 47.6 Å². The van der Waals surface area contributed by atoms with Crippen LogP contribution in [0.4, 0.5) is 0 Å². The first-order valence-electron chi connectivity index (χ1n) is 5.33. The minimum atomic E-state index is -0.970. The van der Waals surface area contributed by atoms with E-state index in [2.05, 4.69) is 18.7 Å². The highest BCUT2D eigenvalue weighted by Crippen LogP contribution is 2.28. The summed E-state index contributed by atoms with van der Waals surface area (Å²) in [6.07, 6.45) is 3.32. The van der Waals surface area contributed by atoms with E-state index in [1.54, 1.807) is 18.2 Å². The van der Waals surface area contributed by atoms with Crippen molar-refractivity contribution in [3.63, 3.8) is 0 Å². The average molecular weight is 245 g/mol. The van der Waals surface area contributed by atoms with Crippen molar-refractivity contribution >= 4 is 11.6 Å². The molecule has 1 aromatic rings. The van der Waals surface area contributed by atoms with Crippen LogP contribution in [0.1, 0.15) is 18.4 Å².